The number of hydrogen-bond donors (Lipinski definition) is 2. The van der Waals surface area contributed by atoms with Gasteiger partial charge in [-0.25, -0.2) is 9.37 Å². The van der Waals surface area contributed by atoms with Crippen LogP contribution in [0, 0.1) is 12.7 Å². The Kier molecular flexibility index (Phi) is 9.19. The summed E-state index contributed by atoms with van der Waals surface area (Å²) in [4.78, 5) is 45.3. The summed E-state index contributed by atoms with van der Waals surface area (Å²) in [7, 11) is 0. The molecule has 7 nitrogen and oxygen atoms in total. The molecule has 1 aromatic heterocycles. The second kappa shape index (κ2) is 12.9. The van der Waals surface area contributed by atoms with Crippen LogP contribution in [0.15, 0.2) is 72.9 Å². The Morgan fingerprint density at radius 3 is 2.34 bits per heavy atom. The smallest absolute Gasteiger partial charge is 0.248 e. The Bertz CT molecular complexity index is 1230. The zero-order valence-electron chi connectivity index (χ0n) is 21.5. The van der Waals surface area contributed by atoms with Gasteiger partial charge in [-0.1, -0.05) is 48.7 Å². The minimum Gasteiger partial charge on any atom is -0.351 e. The third kappa shape index (κ3) is 7.25. The highest BCUT2D eigenvalue weighted by atomic mass is 19.1. The lowest BCUT2D eigenvalue weighted by atomic mass is 10.00. The SMILES string of the molecule is Cc1ccc([C@H](C(=O)NC2CCCC2)N(C(=O)CCCC(=O)Nc2ccccn2)c2ccc(F)cc2)cc1. The molecule has 198 valence electrons. The molecule has 1 saturated carbocycles. The molecule has 0 radical (unpaired) electrons. The van der Waals surface area contributed by atoms with E-state index in [-0.39, 0.29) is 43.0 Å². The number of benzene rings is 2. The first-order valence-electron chi connectivity index (χ1n) is 13.1. The zero-order valence-corrected chi connectivity index (χ0v) is 21.5. The number of amides is 3. The number of carbonyl (C=O) groups is 3. The fraction of sp³-hybridized carbons (Fsp3) is 0.333. The molecule has 38 heavy (non-hydrogen) atoms. The number of hydrogen-bond acceptors (Lipinski definition) is 4. The molecule has 2 aromatic carbocycles. The van der Waals surface area contributed by atoms with Crippen molar-refractivity contribution in [2.75, 3.05) is 10.2 Å². The zero-order chi connectivity index (χ0) is 26.9. The Hall–Kier alpha value is -4.07. The molecule has 0 aliphatic heterocycles. The van der Waals surface area contributed by atoms with Gasteiger partial charge in [0.15, 0.2) is 0 Å². The van der Waals surface area contributed by atoms with E-state index in [0.717, 1.165) is 31.2 Å². The molecule has 8 heteroatoms. The Balaban J connectivity index is 1.56. The molecule has 2 N–H and O–H groups in total. The molecule has 1 aliphatic carbocycles. The van der Waals surface area contributed by atoms with Crippen molar-refractivity contribution < 1.29 is 18.8 Å². The van der Waals surface area contributed by atoms with Crippen LogP contribution in [0.3, 0.4) is 0 Å². The molecule has 1 atom stereocenters. The topological polar surface area (TPSA) is 91.4 Å². The highest BCUT2D eigenvalue weighted by Crippen LogP contribution is 2.30. The maximum Gasteiger partial charge on any atom is 0.248 e. The van der Waals surface area contributed by atoms with E-state index in [1.165, 1.54) is 29.2 Å². The van der Waals surface area contributed by atoms with E-state index in [4.69, 9.17) is 0 Å². The van der Waals surface area contributed by atoms with E-state index in [1.54, 1.807) is 24.4 Å². The summed E-state index contributed by atoms with van der Waals surface area (Å²) >= 11 is 0. The minimum atomic E-state index is -0.934. The van der Waals surface area contributed by atoms with Crippen molar-refractivity contribution in [2.24, 2.45) is 0 Å². The second-order valence-corrected chi connectivity index (χ2v) is 9.66. The summed E-state index contributed by atoms with van der Waals surface area (Å²) in [5, 5.41) is 5.85. The van der Waals surface area contributed by atoms with Gasteiger partial charge in [-0.05, 0) is 68.1 Å². The van der Waals surface area contributed by atoms with Gasteiger partial charge in [0.25, 0.3) is 0 Å². The highest BCUT2D eigenvalue weighted by molar-refractivity contribution is 6.01. The van der Waals surface area contributed by atoms with E-state index >= 15 is 0 Å². The Labute approximate surface area is 222 Å². The number of carbonyl (C=O) groups excluding carboxylic acids is 3. The van der Waals surface area contributed by atoms with E-state index in [0.29, 0.717) is 17.1 Å². The van der Waals surface area contributed by atoms with Gasteiger partial charge in [0.05, 0.1) is 0 Å². The summed E-state index contributed by atoms with van der Waals surface area (Å²) in [5.74, 6) is -0.839. The third-order valence-electron chi connectivity index (χ3n) is 6.70. The predicted molar refractivity (Wildman–Crippen MR) is 145 cm³/mol. The van der Waals surface area contributed by atoms with E-state index in [1.807, 2.05) is 31.2 Å². The first kappa shape index (κ1) is 27.0. The van der Waals surface area contributed by atoms with E-state index < -0.39 is 11.9 Å². The quantitative estimate of drug-likeness (QED) is 0.374. The number of aromatic nitrogens is 1. The fourth-order valence-electron chi connectivity index (χ4n) is 4.72. The van der Waals surface area contributed by atoms with E-state index in [2.05, 4.69) is 15.6 Å². The van der Waals surface area contributed by atoms with Crippen LogP contribution in [0.25, 0.3) is 0 Å². The predicted octanol–water partition coefficient (Wildman–Crippen LogP) is 5.47. The summed E-state index contributed by atoms with van der Waals surface area (Å²) < 4.78 is 13.8. The largest absolute Gasteiger partial charge is 0.351 e. The fourth-order valence-corrected chi connectivity index (χ4v) is 4.72. The third-order valence-corrected chi connectivity index (χ3v) is 6.70. The monoisotopic (exact) mass is 516 g/mol. The molecule has 0 spiro atoms. The number of anilines is 2. The van der Waals surface area contributed by atoms with Crippen LogP contribution < -0.4 is 15.5 Å². The second-order valence-electron chi connectivity index (χ2n) is 9.66. The molecule has 4 rings (SSSR count). The molecular weight excluding hydrogens is 483 g/mol. The average Bonchev–Trinajstić information content (AvgIpc) is 3.42. The summed E-state index contributed by atoms with van der Waals surface area (Å²) in [6.07, 6.45) is 5.93. The number of aryl methyl sites for hydroxylation is 1. The van der Waals surface area contributed by atoms with Crippen LogP contribution in [-0.2, 0) is 14.4 Å². The number of nitrogens with one attached hydrogen (secondary N) is 2. The van der Waals surface area contributed by atoms with Gasteiger partial charge in [0.1, 0.15) is 17.7 Å². The van der Waals surface area contributed by atoms with Crippen molar-refractivity contribution in [3.63, 3.8) is 0 Å². The van der Waals surface area contributed by atoms with Crippen LogP contribution in [0.5, 0.6) is 0 Å². The maximum atomic E-state index is 13.8. The first-order chi connectivity index (χ1) is 18.4. The van der Waals surface area contributed by atoms with Gasteiger partial charge >= 0.3 is 0 Å². The molecule has 1 aliphatic rings. The van der Waals surface area contributed by atoms with Gasteiger partial charge in [-0.15, -0.1) is 0 Å². The van der Waals surface area contributed by atoms with Crippen LogP contribution in [-0.4, -0.2) is 28.7 Å². The first-order valence-corrected chi connectivity index (χ1v) is 13.1. The normalized spacial score (nSPS) is 14.1. The Morgan fingerprint density at radius 1 is 0.974 bits per heavy atom. The Morgan fingerprint density at radius 2 is 1.68 bits per heavy atom. The summed E-state index contributed by atoms with van der Waals surface area (Å²) in [6.45, 7) is 1.95. The lowest BCUT2D eigenvalue weighted by molar-refractivity contribution is -0.127. The number of pyridine rings is 1. The molecule has 3 aromatic rings. The molecule has 0 saturated heterocycles. The maximum absolute atomic E-state index is 13.8. The van der Waals surface area contributed by atoms with Crippen molar-refractivity contribution in [1.29, 1.82) is 0 Å². The van der Waals surface area contributed by atoms with Crippen molar-refractivity contribution in [3.8, 4) is 0 Å². The van der Waals surface area contributed by atoms with E-state index in [9.17, 15) is 18.8 Å². The van der Waals surface area contributed by atoms with Crippen LogP contribution in [0.4, 0.5) is 15.9 Å². The molecule has 0 bridgehead atoms. The average molecular weight is 517 g/mol. The molecule has 3 amide bonds. The van der Waals surface area contributed by atoms with Gasteiger partial charge in [0, 0.05) is 30.8 Å². The highest BCUT2D eigenvalue weighted by Gasteiger charge is 2.34. The van der Waals surface area contributed by atoms with Gasteiger partial charge in [0.2, 0.25) is 17.7 Å². The molecular formula is C30H33FN4O3. The summed E-state index contributed by atoms with van der Waals surface area (Å²) in [6, 6.07) is 17.4. The lowest BCUT2D eigenvalue weighted by Crippen LogP contribution is -2.46. The van der Waals surface area contributed by atoms with Crippen LogP contribution in [0.1, 0.15) is 62.1 Å². The molecule has 0 unspecified atom stereocenters. The molecule has 1 heterocycles. The summed E-state index contributed by atoms with van der Waals surface area (Å²) in [5.41, 5.74) is 2.11. The van der Waals surface area contributed by atoms with Gasteiger partial charge in [-0.3, -0.25) is 19.3 Å². The minimum absolute atomic E-state index is 0.0338. The van der Waals surface area contributed by atoms with Crippen molar-refractivity contribution in [2.45, 2.75) is 64.0 Å². The lowest BCUT2D eigenvalue weighted by Gasteiger charge is -2.32. The number of halogens is 1. The van der Waals surface area contributed by atoms with Crippen molar-refractivity contribution in [3.05, 3.63) is 89.9 Å². The standard InChI is InChI=1S/C30H33FN4O3/c1-21-12-14-22(15-13-21)29(30(38)33-24-7-2-3-8-24)35(25-18-16-23(31)17-19-25)28(37)11-6-10-27(36)34-26-9-4-5-20-32-26/h4-5,9,12-20,24,29H,2-3,6-8,10-11H2,1H3,(H,33,38)(H,32,34,36)/t29-/m1/s1. The number of nitrogens with zero attached hydrogens (tertiary/aromatic N) is 2. The number of rotatable bonds is 10. The van der Waals surface area contributed by atoms with Crippen LogP contribution in [0.2, 0.25) is 0 Å². The van der Waals surface area contributed by atoms with Crippen molar-refractivity contribution >= 4 is 29.2 Å². The molecule has 1 fully saturated rings. The van der Waals surface area contributed by atoms with Gasteiger partial charge in [-0.2, -0.15) is 0 Å². The van der Waals surface area contributed by atoms with Gasteiger partial charge < -0.3 is 10.6 Å². The van der Waals surface area contributed by atoms with Crippen molar-refractivity contribution in [1.82, 2.24) is 10.3 Å². The van der Waals surface area contributed by atoms with Crippen LogP contribution >= 0.6 is 0 Å².